The van der Waals surface area contributed by atoms with E-state index in [4.69, 9.17) is 4.74 Å². The Labute approximate surface area is 184 Å². The van der Waals surface area contributed by atoms with Crippen LogP contribution in [0.1, 0.15) is 22.2 Å². The SMILES string of the molecule is CCOC(=O)c1cc(C)sc1NC(=O)CN1CCN(S(=O)(=O)c2ccc(F)cc2)CC1. The van der Waals surface area contributed by atoms with E-state index in [9.17, 15) is 22.4 Å². The van der Waals surface area contributed by atoms with Gasteiger partial charge in [0.1, 0.15) is 10.8 Å². The molecule has 0 aliphatic carbocycles. The van der Waals surface area contributed by atoms with Crippen molar-refractivity contribution in [1.29, 1.82) is 0 Å². The zero-order valence-electron chi connectivity index (χ0n) is 17.3. The number of sulfonamides is 1. The van der Waals surface area contributed by atoms with Crippen molar-refractivity contribution in [3.05, 3.63) is 46.6 Å². The first-order valence-corrected chi connectivity index (χ1v) is 12.0. The summed E-state index contributed by atoms with van der Waals surface area (Å²) in [6.45, 7) is 5.06. The van der Waals surface area contributed by atoms with Gasteiger partial charge in [0.25, 0.3) is 0 Å². The van der Waals surface area contributed by atoms with Gasteiger partial charge in [0.15, 0.2) is 0 Å². The van der Waals surface area contributed by atoms with E-state index in [1.54, 1.807) is 13.0 Å². The molecule has 2 aromatic rings. The highest BCUT2D eigenvalue weighted by atomic mass is 32.2. The highest BCUT2D eigenvalue weighted by molar-refractivity contribution is 7.89. The lowest BCUT2D eigenvalue weighted by Gasteiger charge is -2.33. The Kier molecular flexibility index (Phi) is 7.42. The smallest absolute Gasteiger partial charge is 0.341 e. The van der Waals surface area contributed by atoms with Crippen LogP contribution in [0.25, 0.3) is 0 Å². The highest BCUT2D eigenvalue weighted by Crippen LogP contribution is 2.28. The third-order valence-electron chi connectivity index (χ3n) is 4.75. The summed E-state index contributed by atoms with van der Waals surface area (Å²) < 4.78 is 44.8. The van der Waals surface area contributed by atoms with Crippen molar-refractivity contribution in [1.82, 2.24) is 9.21 Å². The molecule has 0 atom stereocenters. The second-order valence-electron chi connectivity index (χ2n) is 7.00. The first kappa shape index (κ1) is 23.3. The molecule has 1 aliphatic rings. The second-order valence-corrected chi connectivity index (χ2v) is 10.2. The quantitative estimate of drug-likeness (QED) is 0.626. The minimum atomic E-state index is -3.71. The Morgan fingerprint density at radius 1 is 1.16 bits per heavy atom. The molecular formula is C20H24FN3O5S2. The Morgan fingerprint density at radius 3 is 2.42 bits per heavy atom. The molecule has 1 aliphatic heterocycles. The van der Waals surface area contributed by atoms with Crippen LogP contribution in [0, 0.1) is 12.7 Å². The van der Waals surface area contributed by atoms with E-state index < -0.39 is 21.8 Å². The maximum absolute atomic E-state index is 13.1. The number of hydrogen-bond donors (Lipinski definition) is 1. The maximum Gasteiger partial charge on any atom is 0.341 e. The van der Waals surface area contributed by atoms with E-state index in [-0.39, 0.29) is 37.0 Å². The highest BCUT2D eigenvalue weighted by Gasteiger charge is 2.29. The Bertz CT molecular complexity index is 1050. The molecule has 11 heteroatoms. The summed E-state index contributed by atoms with van der Waals surface area (Å²) in [4.78, 5) is 27.3. The summed E-state index contributed by atoms with van der Waals surface area (Å²) in [6.07, 6.45) is 0. The van der Waals surface area contributed by atoms with Gasteiger partial charge in [0, 0.05) is 31.1 Å². The number of esters is 1. The number of ether oxygens (including phenoxy) is 1. The topological polar surface area (TPSA) is 96.0 Å². The van der Waals surface area contributed by atoms with E-state index in [1.807, 2.05) is 11.8 Å². The van der Waals surface area contributed by atoms with E-state index in [2.05, 4.69) is 5.32 Å². The number of hydrogen-bond acceptors (Lipinski definition) is 7. The molecule has 0 bridgehead atoms. The Hall–Kier alpha value is -2.34. The van der Waals surface area contributed by atoms with Gasteiger partial charge in [-0.2, -0.15) is 4.31 Å². The van der Waals surface area contributed by atoms with Crippen molar-refractivity contribution in [2.24, 2.45) is 0 Å². The van der Waals surface area contributed by atoms with Crippen molar-refractivity contribution in [2.75, 3.05) is 44.6 Å². The summed E-state index contributed by atoms with van der Waals surface area (Å²) in [6, 6.07) is 6.40. The van der Waals surface area contributed by atoms with Crippen LogP contribution in [-0.4, -0.2) is 68.8 Å². The van der Waals surface area contributed by atoms with Crippen molar-refractivity contribution >= 4 is 38.2 Å². The maximum atomic E-state index is 13.1. The normalized spacial score (nSPS) is 15.6. The summed E-state index contributed by atoms with van der Waals surface area (Å²) in [7, 11) is -3.71. The molecule has 168 valence electrons. The number of halogens is 1. The fraction of sp³-hybridized carbons (Fsp3) is 0.400. The predicted octanol–water partition coefficient (Wildman–Crippen LogP) is 2.32. The van der Waals surface area contributed by atoms with Gasteiger partial charge < -0.3 is 10.1 Å². The van der Waals surface area contributed by atoms with Crippen LogP contribution in [0.2, 0.25) is 0 Å². The summed E-state index contributed by atoms with van der Waals surface area (Å²) in [5.41, 5.74) is 0.327. The van der Waals surface area contributed by atoms with Gasteiger partial charge >= 0.3 is 5.97 Å². The van der Waals surface area contributed by atoms with E-state index in [1.165, 1.54) is 27.8 Å². The molecule has 1 fully saturated rings. The van der Waals surface area contributed by atoms with Gasteiger partial charge in [0.05, 0.1) is 23.6 Å². The standard InChI is InChI=1S/C20H24FN3O5S2/c1-3-29-20(26)17-12-14(2)30-19(17)22-18(25)13-23-8-10-24(11-9-23)31(27,28)16-6-4-15(21)5-7-16/h4-7,12H,3,8-11,13H2,1-2H3,(H,22,25). The number of carbonyl (C=O) groups excluding carboxylic acids is 2. The first-order chi connectivity index (χ1) is 14.7. The molecule has 31 heavy (non-hydrogen) atoms. The zero-order chi connectivity index (χ0) is 22.6. The minimum Gasteiger partial charge on any atom is -0.462 e. The monoisotopic (exact) mass is 469 g/mol. The summed E-state index contributed by atoms with van der Waals surface area (Å²) in [5, 5.41) is 3.20. The predicted molar refractivity (Wildman–Crippen MR) is 115 cm³/mol. The van der Waals surface area contributed by atoms with Crippen LogP contribution in [0.3, 0.4) is 0 Å². The average molecular weight is 470 g/mol. The van der Waals surface area contributed by atoms with Gasteiger partial charge in [-0.05, 0) is 44.2 Å². The lowest BCUT2D eigenvalue weighted by atomic mass is 10.3. The van der Waals surface area contributed by atoms with Gasteiger partial charge in [0.2, 0.25) is 15.9 Å². The van der Waals surface area contributed by atoms with Crippen LogP contribution in [0.4, 0.5) is 9.39 Å². The Balaban J connectivity index is 1.56. The molecule has 0 radical (unpaired) electrons. The molecule has 1 aromatic heterocycles. The van der Waals surface area contributed by atoms with Crippen LogP contribution in [0.5, 0.6) is 0 Å². The minimum absolute atomic E-state index is 0.0413. The van der Waals surface area contributed by atoms with E-state index in [0.29, 0.717) is 23.7 Å². The molecule has 8 nitrogen and oxygen atoms in total. The van der Waals surface area contributed by atoms with Crippen LogP contribution < -0.4 is 5.32 Å². The van der Waals surface area contributed by atoms with E-state index >= 15 is 0 Å². The third kappa shape index (κ3) is 5.67. The van der Waals surface area contributed by atoms with Crippen LogP contribution in [0.15, 0.2) is 35.2 Å². The lowest BCUT2D eigenvalue weighted by molar-refractivity contribution is -0.117. The molecule has 0 spiro atoms. The molecule has 0 saturated carbocycles. The number of aryl methyl sites for hydroxylation is 1. The van der Waals surface area contributed by atoms with Crippen molar-refractivity contribution in [2.45, 2.75) is 18.7 Å². The largest absolute Gasteiger partial charge is 0.462 e. The number of benzene rings is 1. The Morgan fingerprint density at radius 2 is 1.81 bits per heavy atom. The van der Waals surface area contributed by atoms with Gasteiger partial charge in [-0.1, -0.05) is 0 Å². The number of amides is 1. The molecule has 1 aromatic carbocycles. The fourth-order valence-electron chi connectivity index (χ4n) is 3.22. The number of piperazine rings is 1. The molecule has 1 amide bonds. The summed E-state index contributed by atoms with van der Waals surface area (Å²) in [5.74, 6) is -1.27. The number of anilines is 1. The number of nitrogens with zero attached hydrogens (tertiary/aromatic N) is 2. The van der Waals surface area contributed by atoms with Crippen molar-refractivity contribution in [3.8, 4) is 0 Å². The fourth-order valence-corrected chi connectivity index (χ4v) is 5.56. The molecule has 1 N–H and O–H groups in total. The zero-order valence-corrected chi connectivity index (χ0v) is 18.9. The number of carbonyl (C=O) groups is 2. The number of nitrogens with one attached hydrogen (secondary N) is 1. The van der Waals surface area contributed by atoms with Gasteiger partial charge in [-0.15, -0.1) is 11.3 Å². The first-order valence-electron chi connectivity index (χ1n) is 9.76. The average Bonchev–Trinajstić information content (AvgIpc) is 3.09. The van der Waals surface area contributed by atoms with E-state index in [0.717, 1.165) is 17.0 Å². The van der Waals surface area contributed by atoms with Crippen LogP contribution >= 0.6 is 11.3 Å². The van der Waals surface area contributed by atoms with Crippen molar-refractivity contribution in [3.63, 3.8) is 0 Å². The molecule has 1 saturated heterocycles. The van der Waals surface area contributed by atoms with Crippen LogP contribution in [-0.2, 0) is 19.6 Å². The van der Waals surface area contributed by atoms with Crippen molar-refractivity contribution < 1.29 is 27.1 Å². The molecule has 0 unspecified atom stereocenters. The summed E-state index contributed by atoms with van der Waals surface area (Å²) >= 11 is 1.30. The van der Waals surface area contributed by atoms with Gasteiger partial charge in [-0.3, -0.25) is 9.69 Å². The number of rotatable bonds is 7. The molecule has 2 heterocycles. The van der Waals surface area contributed by atoms with Gasteiger partial charge in [-0.25, -0.2) is 17.6 Å². The third-order valence-corrected chi connectivity index (χ3v) is 7.63. The lowest BCUT2D eigenvalue weighted by Crippen LogP contribution is -2.50. The second kappa shape index (κ2) is 9.86. The number of thiophene rings is 1. The molecular weight excluding hydrogens is 445 g/mol. The molecule has 3 rings (SSSR count).